The van der Waals surface area contributed by atoms with Crippen molar-refractivity contribution in [3.05, 3.63) is 35.2 Å². The molecule has 0 radical (unpaired) electrons. The van der Waals surface area contributed by atoms with E-state index in [4.69, 9.17) is 4.74 Å². The molecule has 5 nitrogen and oxygen atoms in total. The largest absolute Gasteiger partial charge is 0.495 e. The van der Waals surface area contributed by atoms with E-state index in [2.05, 4.69) is 0 Å². The Hall–Kier alpha value is -1.89. The van der Waals surface area contributed by atoms with Crippen LogP contribution < -0.4 is 9.46 Å². The summed E-state index contributed by atoms with van der Waals surface area (Å²) in [4.78, 5) is 11.8. The standard InChI is InChI=1S/C14H16FNO4S/c1-9-4-3-5-11(9)14(17)16-21(18,19)13-7-6-10(15)8-12(13)20-2/h6-8H,3-5H2,1-2H3,(H,16,17). The molecule has 1 amide bonds. The number of rotatable bonds is 4. The number of carbonyl (C=O) groups excluding carboxylic acids is 1. The zero-order valence-corrected chi connectivity index (χ0v) is 12.6. The molecule has 1 aromatic rings. The van der Waals surface area contributed by atoms with Crippen LogP contribution in [0.25, 0.3) is 0 Å². The molecule has 1 N–H and O–H groups in total. The molecule has 114 valence electrons. The Kier molecular flexibility index (Phi) is 4.32. The number of halogens is 1. The summed E-state index contributed by atoms with van der Waals surface area (Å²) in [7, 11) is -2.87. The maximum absolute atomic E-state index is 13.1. The average molecular weight is 313 g/mol. The van der Waals surface area contributed by atoms with E-state index in [1.54, 1.807) is 0 Å². The lowest BCUT2D eigenvalue weighted by Crippen LogP contribution is -2.32. The van der Waals surface area contributed by atoms with E-state index in [1.807, 2.05) is 11.6 Å². The molecular weight excluding hydrogens is 297 g/mol. The smallest absolute Gasteiger partial charge is 0.268 e. The number of hydrogen-bond acceptors (Lipinski definition) is 4. The van der Waals surface area contributed by atoms with Crippen LogP contribution in [0.15, 0.2) is 34.2 Å². The van der Waals surface area contributed by atoms with Crippen molar-refractivity contribution in [1.29, 1.82) is 0 Å². The van der Waals surface area contributed by atoms with Gasteiger partial charge in [0.15, 0.2) is 0 Å². The predicted octanol–water partition coefficient (Wildman–Crippen LogP) is 2.14. The molecule has 0 aliphatic heterocycles. The van der Waals surface area contributed by atoms with Gasteiger partial charge in [0.25, 0.3) is 15.9 Å². The third-order valence-electron chi connectivity index (χ3n) is 3.41. The van der Waals surface area contributed by atoms with Gasteiger partial charge in [0.05, 0.1) is 7.11 Å². The Morgan fingerprint density at radius 1 is 1.33 bits per heavy atom. The fourth-order valence-corrected chi connectivity index (χ4v) is 3.44. The van der Waals surface area contributed by atoms with Crippen molar-refractivity contribution in [1.82, 2.24) is 4.72 Å². The summed E-state index contributed by atoms with van der Waals surface area (Å²) >= 11 is 0. The van der Waals surface area contributed by atoms with E-state index in [0.717, 1.165) is 36.6 Å². The van der Waals surface area contributed by atoms with Crippen molar-refractivity contribution in [2.45, 2.75) is 31.1 Å². The minimum Gasteiger partial charge on any atom is -0.495 e. The van der Waals surface area contributed by atoms with Gasteiger partial charge >= 0.3 is 0 Å². The summed E-state index contributed by atoms with van der Waals surface area (Å²) in [5.74, 6) is -1.39. The molecule has 1 aromatic carbocycles. The molecule has 0 saturated carbocycles. The summed E-state index contributed by atoms with van der Waals surface area (Å²) in [6.45, 7) is 1.81. The van der Waals surface area contributed by atoms with Gasteiger partial charge in [-0.05, 0) is 38.3 Å². The lowest BCUT2D eigenvalue weighted by molar-refractivity contribution is -0.115. The van der Waals surface area contributed by atoms with Crippen LogP contribution in [0, 0.1) is 5.82 Å². The number of hydrogen-bond donors (Lipinski definition) is 1. The maximum Gasteiger partial charge on any atom is 0.268 e. The van der Waals surface area contributed by atoms with Gasteiger partial charge in [-0.3, -0.25) is 4.79 Å². The topological polar surface area (TPSA) is 72.5 Å². The molecule has 1 aliphatic carbocycles. The lowest BCUT2D eigenvalue weighted by Gasteiger charge is -2.11. The van der Waals surface area contributed by atoms with Gasteiger partial charge in [0.2, 0.25) is 0 Å². The van der Waals surface area contributed by atoms with Gasteiger partial charge in [-0.15, -0.1) is 0 Å². The third kappa shape index (κ3) is 3.24. The summed E-state index contributed by atoms with van der Waals surface area (Å²) in [6.07, 6.45) is 2.20. The van der Waals surface area contributed by atoms with Crippen LogP contribution in [0.5, 0.6) is 5.75 Å². The van der Waals surface area contributed by atoms with Gasteiger partial charge in [0, 0.05) is 11.6 Å². The number of amides is 1. The van der Waals surface area contributed by atoms with Crippen molar-refractivity contribution >= 4 is 15.9 Å². The predicted molar refractivity (Wildman–Crippen MR) is 74.8 cm³/mol. The number of benzene rings is 1. The summed E-state index contributed by atoms with van der Waals surface area (Å²) in [5, 5.41) is 0. The number of carbonyl (C=O) groups is 1. The van der Waals surface area contributed by atoms with Gasteiger partial charge in [0.1, 0.15) is 16.5 Å². The highest BCUT2D eigenvalue weighted by molar-refractivity contribution is 7.90. The molecule has 0 aromatic heterocycles. The number of allylic oxidation sites excluding steroid dienone is 1. The molecule has 21 heavy (non-hydrogen) atoms. The molecule has 0 heterocycles. The van der Waals surface area contributed by atoms with Crippen molar-refractivity contribution in [2.75, 3.05) is 7.11 Å². The first-order valence-electron chi connectivity index (χ1n) is 6.44. The first-order valence-corrected chi connectivity index (χ1v) is 7.93. The van der Waals surface area contributed by atoms with Crippen LogP contribution >= 0.6 is 0 Å². The minimum absolute atomic E-state index is 0.146. The van der Waals surface area contributed by atoms with Gasteiger partial charge < -0.3 is 4.74 Å². The summed E-state index contributed by atoms with van der Waals surface area (Å²) < 4.78 is 44.5. The Bertz CT molecular complexity index is 710. The van der Waals surface area contributed by atoms with Crippen LogP contribution in [0.1, 0.15) is 26.2 Å². The Labute approximate surface area is 122 Å². The van der Waals surface area contributed by atoms with Crippen molar-refractivity contribution in [3.8, 4) is 5.75 Å². The van der Waals surface area contributed by atoms with E-state index in [0.29, 0.717) is 12.0 Å². The summed E-state index contributed by atoms with van der Waals surface area (Å²) in [6, 6.07) is 3.03. The number of methoxy groups -OCH3 is 1. The summed E-state index contributed by atoms with van der Waals surface area (Å²) in [5.41, 5.74) is 1.40. The number of nitrogens with one attached hydrogen (secondary N) is 1. The second kappa shape index (κ2) is 5.85. The quantitative estimate of drug-likeness (QED) is 0.924. The molecule has 0 fully saturated rings. The third-order valence-corrected chi connectivity index (χ3v) is 4.78. The Balaban J connectivity index is 2.31. The van der Waals surface area contributed by atoms with Crippen molar-refractivity contribution < 1.29 is 22.3 Å². The number of ether oxygens (including phenoxy) is 1. The van der Waals surface area contributed by atoms with E-state index < -0.39 is 21.7 Å². The van der Waals surface area contributed by atoms with Crippen LogP contribution in [-0.2, 0) is 14.8 Å². The molecule has 1 aliphatic rings. The second-order valence-corrected chi connectivity index (χ2v) is 6.49. The molecule has 0 bridgehead atoms. The van der Waals surface area contributed by atoms with E-state index in [9.17, 15) is 17.6 Å². The SMILES string of the molecule is COc1cc(F)ccc1S(=O)(=O)NC(=O)C1=C(C)CCC1. The van der Waals surface area contributed by atoms with Crippen LogP contribution in [0.2, 0.25) is 0 Å². The van der Waals surface area contributed by atoms with Crippen molar-refractivity contribution in [2.24, 2.45) is 0 Å². The van der Waals surface area contributed by atoms with Crippen LogP contribution in [0.4, 0.5) is 4.39 Å². The van der Waals surface area contributed by atoms with E-state index in [1.165, 1.54) is 7.11 Å². The van der Waals surface area contributed by atoms with Gasteiger partial charge in [-0.2, -0.15) is 0 Å². The average Bonchev–Trinajstić information content (AvgIpc) is 2.84. The van der Waals surface area contributed by atoms with Crippen LogP contribution in [0.3, 0.4) is 0 Å². The zero-order chi connectivity index (χ0) is 15.6. The normalized spacial score (nSPS) is 15.2. The fraction of sp³-hybridized carbons (Fsp3) is 0.357. The number of sulfonamides is 1. The first kappa shape index (κ1) is 15.5. The molecular formula is C14H16FNO4S. The van der Waals surface area contributed by atoms with Gasteiger partial charge in [-0.25, -0.2) is 17.5 Å². The highest BCUT2D eigenvalue weighted by Crippen LogP contribution is 2.27. The Morgan fingerprint density at radius 3 is 2.62 bits per heavy atom. The van der Waals surface area contributed by atoms with E-state index >= 15 is 0 Å². The molecule has 0 unspecified atom stereocenters. The molecule has 0 spiro atoms. The van der Waals surface area contributed by atoms with Gasteiger partial charge in [-0.1, -0.05) is 5.57 Å². The molecule has 0 saturated heterocycles. The highest BCUT2D eigenvalue weighted by atomic mass is 32.2. The van der Waals surface area contributed by atoms with Crippen molar-refractivity contribution in [3.63, 3.8) is 0 Å². The molecule has 0 atom stereocenters. The molecule has 7 heteroatoms. The molecule has 2 rings (SSSR count). The minimum atomic E-state index is -4.11. The Morgan fingerprint density at radius 2 is 2.05 bits per heavy atom. The first-order chi connectivity index (χ1) is 9.85. The maximum atomic E-state index is 13.1. The fourth-order valence-electron chi connectivity index (χ4n) is 2.30. The van der Waals surface area contributed by atoms with Crippen LogP contribution in [-0.4, -0.2) is 21.4 Å². The monoisotopic (exact) mass is 313 g/mol. The highest BCUT2D eigenvalue weighted by Gasteiger charge is 2.26. The zero-order valence-electron chi connectivity index (χ0n) is 11.8. The lowest BCUT2D eigenvalue weighted by atomic mass is 10.2. The second-order valence-electron chi connectivity index (χ2n) is 4.84. The van der Waals surface area contributed by atoms with E-state index in [-0.39, 0.29) is 10.6 Å².